The Labute approximate surface area is 163 Å². The minimum absolute atomic E-state index is 0.190. The third-order valence-corrected chi connectivity index (χ3v) is 4.33. The third kappa shape index (κ3) is 4.80. The third-order valence-electron chi connectivity index (χ3n) is 4.10. The number of nitrogens with zero attached hydrogens (tertiary/aromatic N) is 3. The zero-order valence-electron chi connectivity index (χ0n) is 15.2. The van der Waals surface area contributed by atoms with E-state index in [1.54, 1.807) is 48.1 Å². The molecule has 0 saturated heterocycles. The second-order valence-corrected chi connectivity index (χ2v) is 6.54. The van der Waals surface area contributed by atoms with Crippen LogP contribution in [0.4, 0.5) is 4.79 Å². The Morgan fingerprint density at radius 3 is 2.78 bits per heavy atom. The molecule has 0 aliphatic rings. The van der Waals surface area contributed by atoms with Gasteiger partial charge in [-0.05, 0) is 30.3 Å². The molecule has 1 N–H and O–H groups in total. The average molecular weight is 385 g/mol. The quantitative estimate of drug-likeness (QED) is 0.701. The summed E-state index contributed by atoms with van der Waals surface area (Å²) < 4.78 is 7.09. The van der Waals surface area contributed by atoms with Crippen LogP contribution in [0, 0.1) is 0 Å². The number of amides is 2. The van der Waals surface area contributed by atoms with Crippen LogP contribution in [0.1, 0.15) is 11.1 Å². The molecule has 0 spiro atoms. The molecular formula is C20H21ClN4O2. The number of methoxy groups -OCH3 is 1. The molecule has 140 valence electrons. The molecule has 2 aromatic carbocycles. The molecule has 6 nitrogen and oxygen atoms in total. The average Bonchev–Trinajstić information content (AvgIpc) is 3.15. The van der Waals surface area contributed by atoms with Gasteiger partial charge >= 0.3 is 6.03 Å². The van der Waals surface area contributed by atoms with Gasteiger partial charge in [0.15, 0.2) is 0 Å². The van der Waals surface area contributed by atoms with Crippen LogP contribution < -0.4 is 10.1 Å². The van der Waals surface area contributed by atoms with E-state index in [9.17, 15) is 4.79 Å². The summed E-state index contributed by atoms with van der Waals surface area (Å²) in [7, 11) is 3.33. The maximum absolute atomic E-state index is 12.4. The van der Waals surface area contributed by atoms with Crippen LogP contribution in [0.25, 0.3) is 5.69 Å². The van der Waals surface area contributed by atoms with Crippen molar-refractivity contribution in [1.82, 2.24) is 20.0 Å². The van der Waals surface area contributed by atoms with Gasteiger partial charge in [-0.1, -0.05) is 29.8 Å². The van der Waals surface area contributed by atoms with Crippen LogP contribution in [0.2, 0.25) is 5.02 Å². The number of halogens is 1. The number of nitrogens with one attached hydrogen (secondary N) is 1. The van der Waals surface area contributed by atoms with Gasteiger partial charge in [-0.25, -0.2) is 9.48 Å². The van der Waals surface area contributed by atoms with E-state index < -0.39 is 0 Å². The number of carbonyl (C=O) groups is 1. The molecular weight excluding hydrogens is 364 g/mol. The standard InChI is InChI=1S/C20H21ClN4O2/c1-24(13-15-11-23-25(14-15)18-6-4-3-5-7-18)20(26)22-12-16-10-17(21)8-9-19(16)27-2/h3-11,14H,12-13H2,1-2H3,(H,22,26). The molecule has 1 heterocycles. The first kappa shape index (κ1) is 18.8. The SMILES string of the molecule is COc1ccc(Cl)cc1CNC(=O)N(C)Cc1cnn(-c2ccccc2)c1. The number of rotatable bonds is 6. The minimum Gasteiger partial charge on any atom is -0.496 e. The Morgan fingerprint density at radius 2 is 2.04 bits per heavy atom. The fourth-order valence-electron chi connectivity index (χ4n) is 2.70. The van der Waals surface area contributed by atoms with Gasteiger partial charge in [-0.3, -0.25) is 0 Å². The van der Waals surface area contributed by atoms with Crippen LogP contribution in [0.5, 0.6) is 5.75 Å². The fraction of sp³-hybridized carbons (Fsp3) is 0.200. The van der Waals surface area contributed by atoms with E-state index in [1.807, 2.05) is 36.5 Å². The lowest BCUT2D eigenvalue weighted by Gasteiger charge is -2.18. The van der Waals surface area contributed by atoms with Crippen molar-refractivity contribution in [2.24, 2.45) is 0 Å². The van der Waals surface area contributed by atoms with E-state index in [0.29, 0.717) is 23.9 Å². The lowest BCUT2D eigenvalue weighted by molar-refractivity contribution is 0.206. The molecule has 2 amide bonds. The van der Waals surface area contributed by atoms with Gasteiger partial charge in [-0.15, -0.1) is 0 Å². The maximum atomic E-state index is 12.4. The predicted molar refractivity (Wildman–Crippen MR) is 105 cm³/mol. The summed E-state index contributed by atoms with van der Waals surface area (Å²) in [6.07, 6.45) is 3.68. The monoisotopic (exact) mass is 384 g/mol. The van der Waals surface area contributed by atoms with Crippen molar-refractivity contribution >= 4 is 17.6 Å². The summed E-state index contributed by atoms with van der Waals surface area (Å²) in [4.78, 5) is 14.0. The van der Waals surface area contributed by atoms with Gasteiger partial charge in [0.25, 0.3) is 0 Å². The Kier molecular flexibility index (Phi) is 5.98. The number of hydrogen-bond acceptors (Lipinski definition) is 3. The minimum atomic E-state index is -0.190. The van der Waals surface area contributed by atoms with Gasteiger partial charge in [-0.2, -0.15) is 5.10 Å². The largest absolute Gasteiger partial charge is 0.496 e. The molecule has 0 unspecified atom stereocenters. The number of para-hydroxylation sites is 1. The number of urea groups is 1. The van der Waals surface area contributed by atoms with E-state index in [0.717, 1.165) is 16.8 Å². The molecule has 3 rings (SSSR count). The van der Waals surface area contributed by atoms with Crippen LogP contribution in [0.3, 0.4) is 0 Å². The second kappa shape index (κ2) is 8.60. The number of ether oxygens (including phenoxy) is 1. The normalized spacial score (nSPS) is 10.5. The van der Waals surface area contributed by atoms with Crippen molar-refractivity contribution in [3.63, 3.8) is 0 Å². The first-order valence-electron chi connectivity index (χ1n) is 8.47. The molecule has 0 radical (unpaired) electrons. The van der Waals surface area contributed by atoms with Crippen LogP contribution in [-0.4, -0.2) is 34.9 Å². The summed E-state index contributed by atoms with van der Waals surface area (Å²) in [5.41, 5.74) is 2.74. The van der Waals surface area contributed by atoms with Crippen molar-refractivity contribution in [2.75, 3.05) is 14.2 Å². The summed E-state index contributed by atoms with van der Waals surface area (Å²) in [5, 5.41) is 7.83. The van der Waals surface area contributed by atoms with Crippen LogP contribution in [-0.2, 0) is 13.1 Å². The molecule has 0 aliphatic heterocycles. The molecule has 0 bridgehead atoms. The van der Waals surface area contributed by atoms with E-state index in [2.05, 4.69) is 10.4 Å². The summed E-state index contributed by atoms with van der Waals surface area (Å²) >= 11 is 6.02. The van der Waals surface area contributed by atoms with Gasteiger partial charge < -0.3 is 15.0 Å². The number of aromatic nitrogens is 2. The van der Waals surface area contributed by atoms with Crippen molar-refractivity contribution in [3.05, 3.63) is 77.1 Å². The number of carbonyl (C=O) groups excluding carboxylic acids is 1. The molecule has 0 aliphatic carbocycles. The summed E-state index contributed by atoms with van der Waals surface area (Å²) in [5.74, 6) is 0.687. The van der Waals surface area contributed by atoms with Gasteiger partial charge in [0, 0.05) is 35.9 Å². The highest BCUT2D eigenvalue weighted by Crippen LogP contribution is 2.22. The van der Waals surface area contributed by atoms with Gasteiger partial charge in [0.1, 0.15) is 5.75 Å². The van der Waals surface area contributed by atoms with Crippen LogP contribution in [0.15, 0.2) is 60.9 Å². The van der Waals surface area contributed by atoms with E-state index in [-0.39, 0.29) is 6.03 Å². The van der Waals surface area contributed by atoms with Crippen molar-refractivity contribution in [1.29, 1.82) is 0 Å². The summed E-state index contributed by atoms with van der Waals surface area (Å²) in [6, 6.07) is 15.0. The highest BCUT2D eigenvalue weighted by Gasteiger charge is 2.12. The molecule has 1 aromatic heterocycles. The number of hydrogen-bond donors (Lipinski definition) is 1. The molecule has 7 heteroatoms. The fourth-order valence-corrected chi connectivity index (χ4v) is 2.90. The molecule has 0 atom stereocenters. The van der Waals surface area contributed by atoms with Crippen molar-refractivity contribution in [3.8, 4) is 11.4 Å². The van der Waals surface area contributed by atoms with Crippen molar-refractivity contribution < 1.29 is 9.53 Å². The van der Waals surface area contributed by atoms with Gasteiger partial charge in [0.2, 0.25) is 0 Å². The summed E-state index contributed by atoms with van der Waals surface area (Å²) in [6.45, 7) is 0.779. The Balaban J connectivity index is 1.58. The topological polar surface area (TPSA) is 59.4 Å². The van der Waals surface area contributed by atoms with E-state index in [1.165, 1.54) is 0 Å². The van der Waals surface area contributed by atoms with Gasteiger partial charge in [0.05, 0.1) is 25.5 Å². The van der Waals surface area contributed by atoms with E-state index in [4.69, 9.17) is 16.3 Å². The zero-order chi connectivity index (χ0) is 19.2. The maximum Gasteiger partial charge on any atom is 0.317 e. The number of benzene rings is 2. The first-order chi connectivity index (χ1) is 13.1. The second-order valence-electron chi connectivity index (χ2n) is 6.10. The molecule has 0 saturated carbocycles. The smallest absolute Gasteiger partial charge is 0.317 e. The van der Waals surface area contributed by atoms with E-state index >= 15 is 0 Å². The highest BCUT2D eigenvalue weighted by molar-refractivity contribution is 6.30. The highest BCUT2D eigenvalue weighted by atomic mass is 35.5. The van der Waals surface area contributed by atoms with Crippen LogP contribution >= 0.6 is 11.6 Å². The lowest BCUT2D eigenvalue weighted by atomic mass is 10.2. The zero-order valence-corrected chi connectivity index (χ0v) is 16.0. The predicted octanol–water partition coefficient (Wildman–Crippen LogP) is 3.88. The Morgan fingerprint density at radius 1 is 1.26 bits per heavy atom. The molecule has 3 aromatic rings. The molecule has 0 fully saturated rings. The van der Waals surface area contributed by atoms with Crippen molar-refractivity contribution in [2.45, 2.75) is 13.1 Å². The molecule has 27 heavy (non-hydrogen) atoms. The Hall–Kier alpha value is -2.99. The first-order valence-corrected chi connectivity index (χ1v) is 8.85. The lowest BCUT2D eigenvalue weighted by Crippen LogP contribution is -2.36. The Bertz CT molecular complexity index is 911.